The highest BCUT2D eigenvalue weighted by atomic mass is 19.3. The molecule has 0 saturated heterocycles. The van der Waals surface area contributed by atoms with Gasteiger partial charge < -0.3 is 11.1 Å². The van der Waals surface area contributed by atoms with Crippen LogP contribution in [0.4, 0.5) is 23.4 Å². The predicted molar refractivity (Wildman–Crippen MR) is 49.7 cm³/mol. The zero-order valence-corrected chi connectivity index (χ0v) is 8.33. The summed E-state index contributed by atoms with van der Waals surface area (Å²) in [7, 11) is 0. The van der Waals surface area contributed by atoms with Crippen molar-refractivity contribution in [2.45, 2.75) is 12.3 Å². The quantitative estimate of drug-likeness (QED) is 0.772. The molecule has 1 rings (SSSR count). The van der Waals surface area contributed by atoms with Crippen molar-refractivity contribution in [3.8, 4) is 0 Å². The van der Waals surface area contributed by atoms with Crippen molar-refractivity contribution in [2.75, 3.05) is 12.3 Å². The van der Waals surface area contributed by atoms with Crippen molar-refractivity contribution in [1.29, 1.82) is 0 Å². The van der Waals surface area contributed by atoms with E-state index in [4.69, 9.17) is 5.73 Å². The third kappa shape index (κ3) is 3.54. The van der Waals surface area contributed by atoms with Crippen LogP contribution < -0.4 is 11.1 Å². The number of halogens is 4. The standard InChI is InChI=1S/C8H8F4N4O/c9-7(10)8(11,12)3-16-6(17)4-1-15-5(13)2-14-4/h1-2,7H,3H2,(H2,13,15)(H,16,17). The normalized spacial score (nSPS) is 11.6. The number of amides is 1. The van der Waals surface area contributed by atoms with Crippen LogP contribution in [-0.4, -0.2) is 34.8 Å². The van der Waals surface area contributed by atoms with Crippen LogP contribution in [0.2, 0.25) is 0 Å². The Morgan fingerprint density at radius 2 is 2.06 bits per heavy atom. The van der Waals surface area contributed by atoms with E-state index in [9.17, 15) is 22.4 Å². The Hall–Kier alpha value is -1.93. The van der Waals surface area contributed by atoms with Gasteiger partial charge in [0.05, 0.1) is 18.9 Å². The number of alkyl halides is 4. The van der Waals surface area contributed by atoms with E-state index in [1.54, 1.807) is 5.32 Å². The second-order valence-corrected chi connectivity index (χ2v) is 3.07. The van der Waals surface area contributed by atoms with E-state index >= 15 is 0 Å². The zero-order chi connectivity index (χ0) is 13.1. The number of nitrogens with zero attached hydrogens (tertiary/aromatic N) is 2. The number of rotatable bonds is 4. The van der Waals surface area contributed by atoms with Gasteiger partial charge in [0, 0.05) is 0 Å². The molecule has 0 fully saturated rings. The maximum absolute atomic E-state index is 12.5. The summed E-state index contributed by atoms with van der Waals surface area (Å²) in [5, 5.41) is 1.63. The Morgan fingerprint density at radius 3 is 2.53 bits per heavy atom. The molecule has 1 amide bonds. The average molecular weight is 252 g/mol. The molecule has 0 aliphatic carbocycles. The molecule has 9 heteroatoms. The van der Waals surface area contributed by atoms with Crippen molar-refractivity contribution >= 4 is 11.7 Å². The van der Waals surface area contributed by atoms with Crippen molar-refractivity contribution in [3.05, 3.63) is 18.1 Å². The fourth-order valence-corrected chi connectivity index (χ4v) is 0.821. The first-order valence-corrected chi connectivity index (χ1v) is 4.34. The number of hydrogen-bond donors (Lipinski definition) is 2. The van der Waals surface area contributed by atoms with E-state index in [2.05, 4.69) is 9.97 Å². The number of anilines is 1. The van der Waals surface area contributed by atoms with Crippen molar-refractivity contribution in [2.24, 2.45) is 0 Å². The van der Waals surface area contributed by atoms with Crippen LogP contribution in [0.15, 0.2) is 12.4 Å². The highest BCUT2D eigenvalue weighted by molar-refractivity contribution is 5.92. The van der Waals surface area contributed by atoms with Gasteiger partial charge in [0.1, 0.15) is 11.5 Å². The molecule has 3 N–H and O–H groups in total. The summed E-state index contributed by atoms with van der Waals surface area (Å²) in [5.74, 6) is -5.27. The van der Waals surface area contributed by atoms with Crippen molar-refractivity contribution < 1.29 is 22.4 Å². The van der Waals surface area contributed by atoms with Crippen molar-refractivity contribution in [3.63, 3.8) is 0 Å². The topological polar surface area (TPSA) is 80.9 Å². The van der Waals surface area contributed by atoms with E-state index in [-0.39, 0.29) is 11.5 Å². The Bertz CT molecular complexity index is 395. The Balaban J connectivity index is 2.59. The summed E-state index contributed by atoms with van der Waals surface area (Å²) in [6, 6.07) is 0. The molecule has 0 bridgehead atoms. The molecule has 0 aliphatic rings. The van der Waals surface area contributed by atoms with Crippen LogP contribution in [0.5, 0.6) is 0 Å². The molecule has 0 atom stereocenters. The van der Waals surface area contributed by atoms with E-state index in [0.29, 0.717) is 0 Å². The van der Waals surface area contributed by atoms with Crippen LogP contribution in [0.1, 0.15) is 10.5 Å². The lowest BCUT2D eigenvalue weighted by atomic mass is 10.3. The van der Waals surface area contributed by atoms with Gasteiger partial charge in [0.2, 0.25) is 0 Å². The van der Waals surface area contributed by atoms with Gasteiger partial charge in [0.15, 0.2) is 0 Å². The highest BCUT2D eigenvalue weighted by Crippen LogP contribution is 2.21. The maximum atomic E-state index is 12.5. The van der Waals surface area contributed by atoms with Gasteiger partial charge in [-0.05, 0) is 0 Å². The van der Waals surface area contributed by atoms with E-state index in [1.807, 2.05) is 0 Å². The van der Waals surface area contributed by atoms with Crippen LogP contribution in [0, 0.1) is 0 Å². The molecule has 1 heterocycles. The monoisotopic (exact) mass is 252 g/mol. The van der Waals surface area contributed by atoms with Gasteiger partial charge in [-0.2, -0.15) is 8.78 Å². The number of carbonyl (C=O) groups is 1. The molecule has 0 aliphatic heterocycles. The summed E-state index contributed by atoms with van der Waals surface area (Å²) in [4.78, 5) is 18.2. The minimum atomic E-state index is -4.28. The van der Waals surface area contributed by atoms with Crippen LogP contribution in [0.25, 0.3) is 0 Å². The number of hydrogen-bond acceptors (Lipinski definition) is 4. The van der Waals surface area contributed by atoms with Crippen LogP contribution in [-0.2, 0) is 0 Å². The van der Waals surface area contributed by atoms with Gasteiger partial charge in [-0.25, -0.2) is 18.7 Å². The second kappa shape index (κ2) is 4.93. The van der Waals surface area contributed by atoms with Crippen LogP contribution >= 0.6 is 0 Å². The molecular weight excluding hydrogens is 244 g/mol. The summed E-state index contributed by atoms with van der Waals surface area (Å²) in [6.45, 7) is -1.48. The lowest BCUT2D eigenvalue weighted by molar-refractivity contribution is -0.123. The molecule has 0 radical (unpaired) electrons. The Morgan fingerprint density at radius 1 is 1.41 bits per heavy atom. The minimum Gasteiger partial charge on any atom is -0.382 e. The Kier molecular flexibility index (Phi) is 3.81. The molecule has 5 nitrogen and oxygen atoms in total. The molecule has 17 heavy (non-hydrogen) atoms. The van der Waals surface area contributed by atoms with Gasteiger partial charge in [0.25, 0.3) is 5.91 Å². The molecule has 94 valence electrons. The second-order valence-electron chi connectivity index (χ2n) is 3.07. The summed E-state index contributed by atoms with van der Waals surface area (Å²) in [6.07, 6.45) is -1.86. The maximum Gasteiger partial charge on any atom is 0.324 e. The van der Waals surface area contributed by atoms with Gasteiger partial charge in [-0.15, -0.1) is 0 Å². The lowest BCUT2D eigenvalue weighted by Crippen LogP contribution is -2.41. The fraction of sp³-hybridized carbons (Fsp3) is 0.375. The minimum absolute atomic E-state index is 0.0412. The largest absolute Gasteiger partial charge is 0.382 e. The van der Waals surface area contributed by atoms with E-state index in [0.717, 1.165) is 12.4 Å². The van der Waals surface area contributed by atoms with Crippen molar-refractivity contribution in [1.82, 2.24) is 15.3 Å². The van der Waals surface area contributed by atoms with E-state index in [1.165, 1.54) is 0 Å². The first kappa shape index (κ1) is 13.1. The number of nitrogens with one attached hydrogen (secondary N) is 1. The summed E-state index contributed by atoms with van der Waals surface area (Å²) >= 11 is 0. The number of nitrogens with two attached hydrogens (primary N) is 1. The zero-order valence-electron chi connectivity index (χ0n) is 8.33. The van der Waals surface area contributed by atoms with Crippen LogP contribution in [0.3, 0.4) is 0 Å². The average Bonchev–Trinajstić information content (AvgIpc) is 2.27. The van der Waals surface area contributed by atoms with Gasteiger partial charge in [-0.3, -0.25) is 4.79 Å². The third-order valence-electron chi connectivity index (χ3n) is 1.71. The molecule has 0 saturated carbocycles. The smallest absolute Gasteiger partial charge is 0.324 e. The lowest BCUT2D eigenvalue weighted by Gasteiger charge is -2.15. The molecule has 1 aromatic heterocycles. The van der Waals surface area contributed by atoms with Gasteiger partial charge >= 0.3 is 12.3 Å². The number of nitrogen functional groups attached to an aromatic ring is 1. The highest BCUT2D eigenvalue weighted by Gasteiger charge is 2.40. The SMILES string of the molecule is Nc1cnc(C(=O)NCC(F)(F)C(F)F)cn1. The van der Waals surface area contributed by atoms with Gasteiger partial charge in [-0.1, -0.05) is 0 Å². The number of aromatic nitrogens is 2. The first-order valence-electron chi connectivity index (χ1n) is 4.34. The predicted octanol–water partition coefficient (Wildman–Crippen LogP) is 0.689. The Labute approximate surface area is 93.0 Å². The molecular formula is C8H8F4N4O. The third-order valence-corrected chi connectivity index (χ3v) is 1.71. The summed E-state index contributed by atoms with van der Waals surface area (Å²) < 4.78 is 48.5. The van der Waals surface area contributed by atoms with E-state index < -0.39 is 24.8 Å². The first-order chi connectivity index (χ1) is 7.83. The summed E-state index contributed by atoms with van der Waals surface area (Å²) in [5.41, 5.74) is 4.90. The number of carbonyl (C=O) groups excluding carboxylic acids is 1. The molecule has 0 spiro atoms. The molecule has 1 aromatic rings. The molecule has 0 aromatic carbocycles. The fourth-order valence-electron chi connectivity index (χ4n) is 0.821. The molecule has 0 unspecified atom stereocenters.